The van der Waals surface area contributed by atoms with Gasteiger partial charge < -0.3 is 15.4 Å². The van der Waals surface area contributed by atoms with Crippen LogP contribution in [0.25, 0.3) is 0 Å². The van der Waals surface area contributed by atoms with Gasteiger partial charge in [0.2, 0.25) is 5.91 Å². The first-order valence-corrected chi connectivity index (χ1v) is 8.56. The second kappa shape index (κ2) is 9.64. The Hall–Kier alpha value is -2.22. The fourth-order valence-electron chi connectivity index (χ4n) is 2.34. The number of carbonyl (C=O) groups is 2. The van der Waals surface area contributed by atoms with Crippen LogP contribution in [0.2, 0.25) is 10.0 Å². The number of hydrogen-bond acceptors (Lipinski definition) is 4. The first-order chi connectivity index (χ1) is 12.8. The fraction of sp³-hybridized carbons (Fsp3) is 0.222. The summed E-state index contributed by atoms with van der Waals surface area (Å²) in [4.78, 5) is 23.8. The van der Waals surface area contributed by atoms with Crippen LogP contribution in [0, 0.1) is 11.6 Å². The summed E-state index contributed by atoms with van der Waals surface area (Å²) in [6.45, 7) is -0.278. The van der Waals surface area contributed by atoms with Crippen molar-refractivity contribution >= 4 is 40.8 Å². The highest BCUT2D eigenvalue weighted by Crippen LogP contribution is 2.29. The fourth-order valence-corrected chi connectivity index (χ4v) is 2.83. The van der Waals surface area contributed by atoms with Crippen molar-refractivity contribution in [1.29, 1.82) is 0 Å². The van der Waals surface area contributed by atoms with Crippen molar-refractivity contribution in [2.24, 2.45) is 0 Å². The summed E-state index contributed by atoms with van der Waals surface area (Å²) in [5, 5.41) is 5.81. The molecule has 0 bridgehead atoms. The number of carbonyl (C=O) groups excluding carboxylic acids is 2. The maximum absolute atomic E-state index is 14.1. The first kappa shape index (κ1) is 21.1. The van der Waals surface area contributed by atoms with Crippen LogP contribution in [0.15, 0.2) is 36.4 Å². The Balaban J connectivity index is 2.11. The molecule has 5 nitrogen and oxygen atoms in total. The number of rotatable bonds is 7. The van der Waals surface area contributed by atoms with E-state index >= 15 is 0 Å². The first-order valence-electron chi connectivity index (χ1n) is 7.80. The summed E-state index contributed by atoms with van der Waals surface area (Å²) < 4.78 is 31.8. The summed E-state index contributed by atoms with van der Waals surface area (Å²) in [5.41, 5.74) is 0.274. The van der Waals surface area contributed by atoms with Crippen LogP contribution >= 0.6 is 23.2 Å². The second-order valence-electron chi connectivity index (χ2n) is 5.52. The van der Waals surface area contributed by atoms with E-state index in [-0.39, 0.29) is 34.3 Å². The molecule has 27 heavy (non-hydrogen) atoms. The molecule has 0 saturated carbocycles. The molecule has 2 rings (SSSR count). The van der Waals surface area contributed by atoms with Crippen molar-refractivity contribution < 1.29 is 23.1 Å². The van der Waals surface area contributed by atoms with Gasteiger partial charge in [0.15, 0.2) is 0 Å². The third kappa shape index (κ3) is 5.89. The average molecular weight is 417 g/mol. The van der Waals surface area contributed by atoms with Gasteiger partial charge >= 0.3 is 5.97 Å². The lowest BCUT2D eigenvalue weighted by Gasteiger charge is -2.19. The lowest BCUT2D eigenvalue weighted by atomic mass is 10.0. The molecule has 2 aromatic rings. The molecule has 0 heterocycles. The highest BCUT2D eigenvalue weighted by Gasteiger charge is 2.21. The molecule has 0 saturated heterocycles. The molecular formula is C18H16Cl2F2N2O3. The van der Waals surface area contributed by atoms with Crippen molar-refractivity contribution in [3.8, 4) is 0 Å². The van der Waals surface area contributed by atoms with Crippen LogP contribution in [0.4, 0.5) is 14.5 Å². The third-order valence-electron chi connectivity index (χ3n) is 3.67. The van der Waals surface area contributed by atoms with Gasteiger partial charge in [0, 0.05) is 17.7 Å². The predicted octanol–water partition coefficient (Wildman–Crippen LogP) is 4.10. The van der Waals surface area contributed by atoms with E-state index < -0.39 is 29.6 Å². The number of benzene rings is 2. The highest BCUT2D eigenvalue weighted by molar-refractivity contribution is 6.39. The van der Waals surface area contributed by atoms with Gasteiger partial charge in [-0.1, -0.05) is 35.3 Å². The Morgan fingerprint density at radius 2 is 1.81 bits per heavy atom. The summed E-state index contributed by atoms with van der Waals surface area (Å²) in [5.74, 6) is -2.72. The molecule has 2 aromatic carbocycles. The molecule has 1 unspecified atom stereocenters. The van der Waals surface area contributed by atoms with Gasteiger partial charge in [0.25, 0.3) is 0 Å². The van der Waals surface area contributed by atoms with Crippen molar-refractivity contribution in [1.82, 2.24) is 5.32 Å². The Kier molecular flexibility index (Phi) is 7.53. The van der Waals surface area contributed by atoms with E-state index in [9.17, 15) is 18.4 Å². The highest BCUT2D eigenvalue weighted by atomic mass is 35.5. The summed E-state index contributed by atoms with van der Waals surface area (Å²) >= 11 is 12.0. The number of halogens is 4. The van der Waals surface area contributed by atoms with Crippen LogP contribution in [-0.4, -0.2) is 25.5 Å². The lowest BCUT2D eigenvalue weighted by Crippen LogP contribution is -2.33. The summed E-state index contributed by atoms with van der Waals surface area (Å²) in [6.07, 6.45) is -0.251. The van der Waals surface area contributed by atoms with E-state index in [4.69, 9.17) is 23.2 Å². The Morgan fingerprint density at radius 1 is 1.15 bits per heavy atom. The topological polar surface area (TPSA) is 67.4 Å². The standard InChI is InChI=1S/C18H16Cl2F2N2O3/c1-27-17(26)8-15(11-6-5-10(21)7-14(11)22)23-9-16(25)24-18-12(19)3-2-4-13(18)20/h2-7,15,23H,8-9H2,1H3,(H,24,25). The van der Waals surface area contributed by atoms with E-state index in [2.05, 4.69) is 15.4 Å². The van der Waals surface area contributed by atoms with Crippen LogP contribution in [0.3, 0.4) is 0 Å². The van der Waals surface area contributed by atoms with Gasteiger partial charge in [0.1, 0.15) is 11.6 Å². The number of nitrogens with one attached hydrogen (secondary N) is 2. The molecule has 0 aromatic heterocycles. The largest absolute Gasteiger partial charge is 0.469 e. The minimum Gasteiger partial charge on any atom is -0.469 e. The van der Waals surface area contributed by atoms with Crippen molar-refractivity contribution in [3.05, 3.63) is 63.6 Å². The van der Waals surface area contributed by atoms with E-state index in [1.54, 1.807) is 18.2 Å². The minimum absolute atomic E-state index is 0.0328. The van der Waals surface area contributed by atoms with Gasteiger partial charge in [-0.05, 0) is 18.2 Å². The molecule has 0 fully saturated rings. The maximum atomic E-state index is 14.1. The zero-order chi connectivity index (χ0) is 20.0. The number of ether oxygens (including phenoxy) is 1. The normalized spacial score (nSPS) is 11.7. The molecule has 2 N–H and O–H groups in total. The predicted molar refractivity (Wildman–Crippen MR) is 98.8 cm³/mol. The second-order valence-corrected chi connectivity index (χ2v) is 6.34. The lowest BCUT2D eigenvalue weighted by molar-refractivity contribution is -0.141. The van der Waals surface area contributed by atoms with Crippen molar-refractivity contribution in [2.75, 3.05) is 19.0 Å². The number of amides is 1. The van der Waals surface area contributed by atoms with E-state index in [1.807, 2.05) is 0 Å². The number of hydrogen-bond donors (Lipinski definition) is 2. The van der Waals surface area contributed by atoms with Gasteiger partial charge in [0.05, 0.1) is 35.8 Å². The zero-order valence-electron chi connectivity index (χ0n) is 14.2. The van der Waals surface area contributed by atoms with Crippen LogP contribution in [-0.2, 0) is 14.3 Å². The number of anilines is 1. The third-order valence-corrected chi connectivity index (χ3v) is 4.30. The smallest absolute Gasteiger partial charge is 0.307 e. The number of methoxy groups -OCH3 is 1. The quantitative estimate of drug-likeness (QED) is 0.666. The molecule has 0 spiro atoms. The van der Waals surface area contributed by atoms with Crippen LogP contribution < -0.4 is 10.6 Å². The van der Waals surface area contributed by atoms with E-state index in [0.717, 1.165) is 6.07 Å². The molecular weight excluding hydrogens is 401 g/mol. The molecule has 1 atom stereocenters. The monoisotopic (exact) mass is 416 g/mol. The summed E-state index contributed by atoms with van der Waals surface area (Å²) in [6, 6.07) is 6.81. The Morgan fingerprint density at radius 3 is 2.41 bits per heavy atom. The summed E-state index contributed by atoms with van der Waals surface area (Å²) in [7, 11) is 1.19. The van der Waals surface area contributed by atoms with Gasteiger partial charge in [-0.2, -0.15) is 0 Å². The minimum atomic E-state index is -0.898. The van der Waals surface area contributed by atoms with Crippen molar-refractivity contribution in [3.63, 3.8) is 0 Å². The van der Waals surface area contributed by atoms with Gasteiger partial charge in [-0.3, -0.25) is 9.59 Å². The molecule has 144 valence electrons. The van der Waals surface area contributed by atoms with Gasteiger partial charge in [-0.25, -0.2) is 8.78 Å². The molecule has 0 radical (unpaired) electrons. The average Bonchev–Trinajstić information content (AvgIpc) is 2.62. The molecule has 9 heteroatoms. The van der Waals surface area contributed by atoms with Gasteiger partial charge in [-0.15, -0.1) is 0 Å². The van der Waals surface area contributed by atoms with Crippen molar-refractivity contribution in [2.45, 2.75) is 12.5 Å². The van der Waals surface area contributed by atoms with E-state index in [0.29, 0.717) is 6.07 Å². The van der Waals surface area contributed by atoms with Crippen LogP contribution in [0.5, 0.6) is 0 Å². The molecule has 0 aliphatic heterocycles. The maximum Gasteiger partial charge on any atom is 0.307 e. The van der Waals surface area contributed by atoms with Crippen LogP contribution in [0.1, 0.15) is 18.0 Å². The number of para-hydroxylation sites is 1. The molecule has 1 amide bonds. The molecule has 0 aliphatic carbocycles. The molecule has 0 aliphatic rings. The Bertz CT molecular complexity index is 829. The SMILES string of the molecule is COC(=O)CC(NCC(=O)Nc1c(Cl)cccc1Cl)c1ccc(F)cc1F. The number of esters is 1. The Labute approximate surface area is 164 Å². The van der Waals surface area contributed by atoms with E-state index in [1.165, 1.54) is 13.2 Å². The zero-order valence-corrected chi connectivity index (χ0v) is 15.7.